The van der Waals surface area contributed by atoms with E-state index in [-0.39, 0.29) is 36.6 Å². The highest BCUT2D eigenvalue weighted by molar-refractivity contribution is 5.84. The van der Waals surface area contributed by atoms with Gasteiger partial charge < -0.3 is 15.3 Å². The number of nitrogens with one attached hydrogen (secondary N) is 1. The largest absolute Gasteiger partial charge is 0.481 e. The first-order valence-corrected chi connectivity index (χ1v) is 9.29. The van der Waals surface area contributed by atoms with Gasteiger partial charge in [0.05, 0.1) is 5.92 Å². The Morgan fingerprint density at radius 2 is 1.81 bits per heavy atom. The van der Waals surface area contributed by atoms with Crippen molar-refractivity contribution in [1.29, 1.82) is 0 Å². The summed E-state index contributed by atoms with van der Waals surface area (Å²) >= 11 is 0. The predicted octanol–water partition coefficient (Wildman–Crippen LogP) is 2.23. The summed E-state index contributed by atoms with van der Waals surface area (Å²) < 4.78 is 0. The Bertz CT molecular complexity index is 609. The van der Waals surface area contributed by atoms with Gasteiger partial charge in [0.15, 0.2) is 0 Å². The second-order valence-corrected chi connectivity index (χ2v) is 6.99. The standard InChI is InChI=1S/C20H28N2O4/c1-15(7-8-16-5-3-2-4-6-16)21-18(23)9-10-19(24)22-13-11-17(12-14-22)20(25)26/h2-6,15,17H,7-14H2,1H3,(H,21,23)(H,25,26). The number of carboxylic acid groups (broad SMARTS) is 1. The number of rotatable bonds is 8. The summed E-state index contributed by atoms with van der Waals surface area (Å²) in [5.74, 6) is -1.32. The van der Waals surface area contributed by atoms with E-state index in [1.165, 1.54) is 5.56 Å². The molecule has 26 heavy (non-hydrogen) atoms. The van der Waals surface area contributed by atoms with Crippen molar-refractivity contribution < 1.29 is 19.5 Å². The molecule has 1 aromatic carbocycles. The average molecular weight is 360 g/mol. The number of carbonyl (C=O) groups excluding carboxylic acids is 2. The first-order valence-electron chi connectivity index (χ1n) is 9.29. The van der Waals surface area contributed by atoms with E-state index in [4.69, 9.17) is 5.11 Å². The Labute approximate surface area is 154 Å². The molecule has 0 bridgehead atoms. The number of likely N-dealkylation sites (tertiary alicyclic amines) is 1. The van der Waals surface area contributed by atoms with Crippen molar-refractivity contribution in [3.63, 3.8) is 0 Å². The predicted molar refractivity (Wildman–Crippen MR) is 98.5 cm³/mol. The fourth-order valence-corrected chi connectivity index (χ4v) is 3.20. The van der Waals surface area contributed by atoms with Crippen LogP contribution in [-0.4, -0.2) is 46.9 Å². The number of aryl methyl sites for hydroxylation is 1. The number of hydrogen-bond acceptors (Lipinski definition) is 3. The summed E-state index contributed by atoms with van der Waals surface area (Å²) in [4.78, 5) is 36.8. The zero-order chi connectivity index (χ0) is 18.9. The first kappa shape index (κ1) is 19.9. The highest BCUT2D eigenvalue weighted by Crippen LogP contribution is 2.18. The molecule has 1 fully saturated rings. The maximum absolute atomic E-state index is 12.2. The number of hydrogen-bond donors (Lipinski definition) is 2. The number of carbonyl (C=O) groups is 3. The van der Waals surface area contributed by atoms with Crippen molar-refractivity contribution >= 4 is 17.8 Å². The van der Waals surface area contributed by atoms with Crippen LogP contribution in [-0.2, 0) is 20.8 Å². The molecule has 1 aliphatic rings. The van der Waals surface area contributed by atoms with E-state index in [1.807, 2.05) is 25.1 Å². The lowest BCUT2D eigenvalue weighted by molar-refractivity contribution is -0.145. The van der Waals surface area contributed by atoms with Crippen LogP contribution in [0.3, 0.4) is 0 Å². The van der Waals surface area contributed by atoms with Crippen molar-refractivity contribution in [2.45, 2.75) is 51.5 Å². The molecule has 0 saturated carbocycles. The summed E-state index contributed by atoms with van der Waals surface area (Å²) in [5.41, 5.74) is 1.24. The normalized spacial score (nSPS) is 16.1. The van der Waals surface area contributed by atoms with Crippen LogP contribution in [0.25, 0.3) is 0 Å². The van der Waals surface area contributed by atoms with Crippen LogP contribution in [0.2, 0.25) is 0 Å². The number of benzene rings is 1. The molecule has 1 aliphatic heterocycles. The zero-order valence-corrected chi connectivity index (χ0v) is 15.3. The Kier molecular flexibility index (Phi) is 7.63. The van der Waals surface area contributed by atoms with Gasteiger partial charge in [-0.3, -0.25) is 14.4 Å². The van der Waals surface area contributed by atoms with Crippen molar-refractivity contribution in [1.82, 2.24) is 10.2 Å². The van der Waals surface area contributed by atoms with Crippen LogP contribution in [0, 0.1) is 5.92 Å². The lowest BCUT2D eigenvalue weighted by atomic mass is 9.97. The molecule has 0 aliphatic carbocycles. The Hall–Kier alpha value is -2.37. The highest BCUT2D eigenvalue weighted by Gasteiger charge is 2.27. The van der Waals surface area contributed by atoms with Gasteiger partial charge >= 0.3 is 5.97 Å². The minimum atomic E-state index is -0.791. The fraction of sp³-hybridized carbons (Fsp3) is 0.550. The van der Waals surface area contributed by atoms with E-state index in [9.17, 15) is 14.4 Å². The maximum atomic E-state index is 12.2. The van der Waals surface area contributed by atoms with Crippen molar-refractivity contribution in [2.24, 2.45) is 5.92 Å². The molecule has 1 aromatic rings. The highest BCUT2D eigenvalue weighted by atomic mass is 16.4. The van der Waals surface area contributed by atoms with Crippen molar-refractivity contribution in [3.05, 3.63) is 35.9 Å². The molecule has 2 amide bonds. The minimum absolute atomic E-state index is 0.0594. The van der Waals surface area contributed by atoms with Gasteiger partial charge in [0, 0.05) is 32.0 Å². The molecule has 1 atom stereocenters. The Morgan fingerprint density at radius 3 is 2.42 bits per heavy atom. The molecular formula is C20H28N2O4. The maximum Gasteiger partial charge on any atom is 0.306 e. The zero-order valence-electron chi connectivity index (χ0n) is 15.3. The summed E-state index contributed by atoms with van der Waals surface area (Å²) in [7, 11) is 0. The number of aliphatic carboxylic acids is 1. The van der Waals surface area contributed by atoms with Gasteiger partial charge in [-0.15, -0.1) is 0 Å². The van der Waals surface area contributed by atoms with E-state index >= 15 is 0 Å². The third-order valence-electron chi connectivity index (χ3n) is 4.88. The van der Waals surface area contributed by atoms with E-state index in [0.717, 1.165) is 12.8 Å². The molecule has 6 nitrogen and oxygen atoms in total. The number of nitrogens with zero attached hydrogens (tertiary/aromatic N) is 1. The van der Waals surface area contributed by atoms with Crippen LogP contribution >= 0.6 is 0 Å². The average Bonchev–Trinajstić information content (AvgIpc) is 2.65. The molecule has 2 rings (SSSR count). The number of piperidine rings is 1. The number of carboxylic acids is 1. The van der Waals surface area contributed by atoms with Crippen LogP contribution in [0.1, 0.15) is 44.6 Å². The molecule has 1 saturated heterocycles. The molecule has 142 valence electrons. The third kappa shape index (κ3) is 6.50. The van der Waals surface area contributed by atoms with E-state index < -0.39 is 5.97 Å². The summed E-state index contributed by atoms with van der Waals surface area (Å²) in [6.45, 7) is 2.90. The lowest BCUT2D eigenvalue weighted by Crippen LogP contribution is -2.41. The second kappa shape index (κ2) is 9.94. The molecule has 1 heterocycles. The van der Waals surface area contributed by atoms with E-state index in [0.29, 0.717) is 25.9 Å². The topological polar surface area (TPSA) is 86.7 Å². The van der Waals surface area contributed by atoms with Gasteiger partial charge in [-0.05, 0) is 38.2 Å². The van der Waals surface area contributed by atoms with Gasteiger partial charge in [-0.25, -0.2) is 0 Å². The van der Waals surface area contributed by atoms with Gasteiger partial charge in [0.2, 0.25) is 11.8 Å². The quantitative estimate of drug-likeness (QED) is 0.744. The molecule has 6 heteroatoms. The fourth-order valence-electron chi connectivity index (χ4n) is 3.20. The summed E-state index contributed by atoms with van der Waals surface area (Å²) in [6, 6.07) is 10.2. The Balaban J connectivity index is 1.63. The minimum Gasteiger partial charge on any atom is -0.481 e. The molecule has 1 unspecified atom stereocenters. The SMILES string of the molecule is CC(CCc1ccccc1)NC(=O)CCC(=O)N1CCC(C(=O)O)CC1. The van der Waals surface area contributed by atoms with Crippen molar-refractivity contribution in [2.75, 3.05) is 13.1 Å². The molecule has 2 N–H and O–H groups in total. The summed E-state index contributed by atoms with van der Waals surface area (Å²) in [6.07, 6.45) is 3.09. The van der Waals surface area contributed by atoms with Gasteiger partial charge in [0.25, 0.3) is 0 Å². The van der Waals surface area contributed by atoms with Crippen LogP contribution < -0.4 is 5.32 Å². The summed E-state index contributed by atoms with van der Waals surface area (Å²) in [5, 5.41) is 11.9. The third-order valence-corrected chi connectivity index (χ3v) is 4.88. The lowest BCUT2D eigenvalue weighted by Gasteiger charge is -2.30. The second-order valence-electron chi connectivity index (χ2n) is 6.99. The molecular weight excluding hydrogens is 332 g/mol. The van der Waals surface area contributed by atoms with Crippen LogP contribution in [0.5, 0.6) is 0 Å². The van der Waals surface area contributed by atoms with Crippen LogP contribution in [0.4, 0.5) is 0 Å². The van der Waals surface area contributed by atoms with Crippen molar-refractivity contribution in [3.8, 4) is 0 Å². The van der Waals surface area contributed by atoms with Gasteiger partial charge in [0.1, 0.15) is 0 Å². The Morgan fingerprint density at radius 1 is 1.15 bits per heavy atom. The van der Waals surface area contributed by atoms with Crippen LogP contribution in [0.15, 0.2) is 30.3 Å². The molecule has 0 spiro atoms. The molecule has 0 aromatic heterocycles. The van der Waals surface area contributed by atoms with E-state index in [2.05, 4.69) is 17.4 Å². The monoisotopic (exact) mass is 360 g/mol. The van der Waals surface area contributed by atoms with Gasteiger partial charge in [-0.2, -0.15) is 0 Å². The number of amides is 2. The smallest absolute Gasteiger partial charge is 0.306 e. The van der Waals surface area contributed by atoms with Gasteiger partial charge in [-0.1, -0.05) is 30.3 Å². The van der Waals surface area contributed by atoms with E-state index in [1.54, 1.807) is 4.90 Å². The first-order chi connectivity index (χ1) is 12.5. The molecule has 0 radical (unpaired) electrons.